The first-order valence-electron chi connectivity index (χ1n) is 9.47. The predicted molar refractivity (Wildman–Crippen MR) is 99.9 cm³/mol. The molecule has 0 N–H and O–H groups in total. The van der Waals surface area contributed by atoms with E-state index in [-0.39, 0.29) is 4.90 Å². The zero-order chi connectivity index (χ0) is 19.2. The first kappa shape index (κ1) is 18.4. The summed E-state index contributed by atoms with van der Waals surface area (Å²) in [7, 11) is -0.514. The molecular formula is C19H25N4O3S-. The van der Waals surface area contributed by atoms with Gasteiger partial charge in [0, 0.05) is 19.5 Å². The molecule has 146 valence electrons. The van der Waals surface area contributed by atoms with Gasteiger partial charge in [-0.15, -0.1) is 5.11 Å². The Kier molecular flexibility index (Phi) is 4.49. The van der Waals surface area contributed by atoms with Crippen molar-refractivity contribution in [3.63, 3.8) is 0 Å². The second-order valence-electron chi connectivity index (χ2n) is 8.60. The Balaban J connectivity index is 1.57. The van der Waals surface area contributed by atoms with Crippen LogP contribution < -0.4 is 5.11 Å². The standard InChI is InChI=1S/C19H26N4O3S/c1-23(2)22-20-16-3-5-17(6-4-16)27(25,26)21-18(24)19-10-13-7-14(11-19)9-15(8-13)12-19/h3-6,13-15H,7-12H2,1-2H3,(H,21,24)/p-1. The summed E-state index contributed by atoms with van der Waals surface area (Å²) < 4.78 is 29.1. The number of sulfonamides is 1. The highest BCUT2D eigenvalue weighted by molar-refractivity contribution is 7.90. The number of hydrogen-bond donors (Lipinski definition) is 0. The molecule has 0 saturated heterocycles. The predicted octanol–water partition coefficient (Wildman–Crippen LogP) is 2.91. The van der Waals surface area contributed by atoms with Crippen molar-refractivity contribution in [1.82, 2.24) is 5.01 Å². The third-order valence-electron chi connectivity index (χ3n) is 6.17. The number of benzene rings is 1. The van der Waals surface area contributed by atoms with Crippen LogP contribution in [-0.4, -0.2) is 33.4 Å². The van der Waals surface area contributed by atoms with Crippen molar-refractivity contribution in [2.24, 2.45) is 37.9 Å². The van der Waals surface area contributed by atoms with Crippen molar-refractivity contribution in [1.29, 1.82) is 0 Å². The molecule has 0 unspecified atom stereocenters. The lowest BCUT2D eigenvalue weighted by atomic mass is 9.49. The lowest BCUT2D eigenvalue weighted by Crippen LogP contribution is -2.53. The van der Waals surface area contributed by atoms with Crippen molar-refractivity contribution in [2.75, 3.05) is 14.1 Å². The quantitative estimate of drug-likeness (QED) is 0.335. The van der Waals surface area contributed by atoms with Crippen LogP contribution in [0.15, 0.2) is 43.9 Å². The largest absolute Gasteiger partial charge is 0.861 e. The molecule has 0 atom stereocenters. The molecule has 5 rings (SSSR count). The van der Waals surface area contributed by atoms with Gasteiger partial charge in [0.05, 0.1) is 10.6 Å². The van der Waals surface area contributed by atoms with E-state index < -0.39 is 21.3 Å². The van der Waals surface area contributed by atoms with Gasteiger partial charge in [0.2, 0.25) is 0 Å². The smallest absolute Gasteiger partial charge is 0.281 e. The van der Waals surface area contributed by atoms with Crippen LogP contribution >= 0.6 is 0 Å². The molecule has 0 amide bonds. The molecule has 0 heterocycles. The fraction of sp³-hybridized carbons (Fsp3) is 0.632. The maximum atomic E-state index is 12.9. The first-order chi connectivity index (χ1) is 12.8. The molecular weight excluding hydrogens is 364 g/mol. The van der Waals surface area contributed by atoms with Gasteiger partial charge in [0.25, 0.3) is 10.0 Å². The van der Waals surface area contributed by atoms with Crippen LogP contribution in [-0.2, 0) is 10.0 Å². The third-order valence-corrected chi connectivity index (χ3v) is 7.44. The molecule has 7 nitrogen and oxygen atoms in total. The molecule has 27 heavy (non-hydrogen) atoms. The molecule has 0 aliphatic heterocycles. The van der Waals surface area contributed by atoms with Gasteiger partial charge in [0.1, 0.15) is 0 Å². The van der Waals surface area contributed by atoms with E-state index in [4.69, 9.17) is 0 Å². The van der Waals surface area contributed by atoms with Crippen molar-refractivity contribution >= 4 is 21.6 Å². The van der Waals surface area contributed by atoms with E-state index in [1.807, 2.05) is 0 Å². The van der Waals surface area contributed by atoms with Gasteiger partial charge in [-0.25, -0.2) is 0 Å². The lowest BCUT2D eigenvalue weighted by molar-refractivity contribution is -0.241. The molecule has 4 bridgehead atoms. The fourth-order valence-corrected chi connectivity index (χ4v) is 6.45. The van der Waals surface area contributed by atoms with Crippen LogP contribution in [0.4, 0.5) is 5.69 Å². The minimum Gasteiger partial charge on any atom is -0.861 e. The molecule has 0 spiro atoms. The molecule has 0 radical (unpaired) electrons. The Bertz CT molecular complexity index is 839. The van der Waals surface area contributed by atoms with Crippen LogP contribution in [0.5, 0.6) is 0 Å². The molecule has 1 aromatic carbocycles. The molecule has 8 heteroatoms. The number of rotatable bonds is 5. The van der Waals surface area contributed by atoms with Crippen LogP contribution in [0.1, 0.15) is 38.5 Å². The number of hydrogen-bond acceptors (Lipinski definition) is 5. The second-order valence-corrected chi connectivity index (χ2v) is 10.2. The highest BCUT2D eigenvalue weighted by Crippen LogP contribution is 2.60. The fourth-order valence-electron chi connectivity index (χ4n) is 5.46. The van der Waals surface area contributed by atoms with Crippen molar-refractivity contribution in [2.45, 2.75) is 43.4 Å². The van der Waals surface area contributed by atoms with Crippen LogP contribution in [0.2, 0.25) is 0 Å². The van der Waals surface area contributed by atoms with Gasteiger partial charge in [-0.1, -0.05) is 5.22 Å². The summed E-state index contributed by atoms with van der Waals surface area (Å²) in [5.41, 5.74) is -0.00290. The van der Waals surface area contributed by atoms with E-state index >= 15 is 0 Å². The summed E-state index contributed by atoms with van der Waals surface area (Å²) in [5, 5.41) is 22.3. The average molecular weight is 390 g/mol. The Labute approximate surface area is 160 Å². The Morgan fingerprint density at radius 2 is 1.56 bits per heavy atom. The topological polar surface area (TPSA) is 97.5 Å². The normalized spacial score (nSPS) is 33.0. The Morgan fingerprint density at radius 1 is 1.04 bits per heavy atom. The summed E-state index contributed by atoms with van der Waals surface area (Å²) in [5.74, 6) is 1.27. The van der Waals surface area contributed by atoms with Gasteiger partial charge in [-0.3, -0.25) is 5.01 Å². The van der Waals surface area contributed by atoms with E-state index in [1.165, 1.54) is 31.4 Å². The van der Waals surface area contributed by atoms with Crippen molar-refractivity contribution in [3.05, 3.63) is 24.3 Å². The van der Waals surface area contributed by atoms with E-state index in [0.29, 0.717) is 23.4 Å². The van der Waals surface area contributed by atoms with Gasteiger partial charge < -0.3 is 5.11 Å². The monoisotopic (exact) mass is 389 g/mol. The summed E-state index contributed by atoms with van der Waals surface area (Å²) in [6, 6.07) is 5.97. The van der Waals surface area contributed by atoms with Crippen LogP contribution in [0, 0.1) is 23.2 Å². The molecule has 4 fully saturated rings. The van der Waals surface area contributed by atoms with Crippen LogP contribution in [0.3, 0.4) is 0 Å². The molecule has 4 aliphatic carbocycles. The molecule has 0 aromatic heterocycles. The molecule has 1 aromatic rings. The maximum absolute atomic E-state index is 12.9. The SMILES string of the molecule is CN(C)N=Nc1ccc(S(=O)(=O)N=C([O-])C23CC4CC(CC(C4)C2)C3)cc1. The summed E-state index contributed by atoms with van der Waals surface area (Å²) in [4.78, 5) is 0.0179. The number of nitrogens with zero attached hydrogens (tertiary/aromatic N) is 4. The van der Waals surface area contributed by atoms with Crippen LogP contribution in [0.25, 0.3) is 0 Å². The van der Waals surface area contributed by atoms with Gasteiger partial charge in [0.15, 0.2) is 0 Å². The zero-order valence-electron chi connectivity index (χ0n) is 15.7. The van der Waals surface area contributed by atoms with Gasteiger partial charge in [-0.2, -0.15) is 12.8 Å². The first-order valence-corrected chi connectivity index (χ1v) is 10.9. The summed E-state index contributed by atoms with van der Waals surface area (Å²) >= 11 is 0. The molecule has 4 aliphatic rings. The summed E-state index contributed by atoms with van der Waals surface area (Å²) in [6.45, 7) is 0. The van der Waals surface area contributed by atoms with Gasteiger partial charge >= 0.3 is 0 Å². The van der Waals surface area contributed by atoms with E-state index in [9.17, 15) is 13.5 Å². The maximum Gasteiger partial charge on any atom is 0.281 e. The van der Waals surface area contributed by atoms with Crippen molar-refractivity contribution < 1.29 is 13.5 Å². The van der Waals surface area contributed by atoms with Gasteiger partial charge in [-0.05, 0) is 86.4 Å². The van der Waals surface area contributed by atoms with Crippen molar-refractivity contribution in [3.8, 4) is 0 Å². The second kappa shape index (κ2) is 6.58. The Morgan fingerprint density at radius 3 is 2.04 bits per heavy atom. The highest BCUT2D eigenvalue weighted by atomic mass is 32.2. The summed E-state index contributed by atoms with van der Waals surface area (Å²) in [6.07, 6.45) is 6.01. The van der Waals surface area contributed by atoms with E-state index in [0.717, 1.165) is 19.3 Å². The minimum atomic E-state index is -4.01. The highest BCUT2D eigenvalue weighted by Gasteiger charge is 2.51. The zero-order valence-corrected chi connectivity index (χ0v) is 16.5. The third kappa shape index (κ3) is 3.59. The Hall–Kier alpha value is -1.96. The molecule has 4 saturated carbocycles. The average Bonchev–Trinajstić information content (AvgIpc) is 2.59. The van der Waals surface area contributed by atoms with E-state index in [2.05, 4.69) is 14.7 Å². The van der Waals surface area contributed by atoms with E-state index in [1.54, 1.807) is 31.2 Å². The lowest BCUT2D eigenvalue weighted by Gasteiger charge is -2.58. The minimum absolute atomic E-state index is 0.0179.